The van der Waals surface area contributed by atoms with Crippen molar-refractivity contribution >= 4 is 17.0 Å². The minimum Gasteiger partial charge on any atom is -0.619 e. The molecular weight excluding hydrogens is 405 g/mol. The third kappa shape index (κ3) is 5.17. The van der Waals surface area contributed by atoms with E-state index in [1.165, 1.54) is 6.20 Å². The SMILES string of the molecule is CC[n+]1c(CN)n(Cc2ccc[n+]([O-])c2)c2cc(OC)ccc21.O=C([O-])C(F)(F)F. The first-order valence-corrected chi connectivity index (χ1v) is 8.87. The maximum absolute atomic E-state index is 11.5. The standard InChI is InChI=1S/C17H21N4O2.C2HF3O2/c1-3-20-15-7-6-14(23-2)9-16(15)21(17(20)10-18)12-13-5-4-8-19(22)11-13;3-2(4,5)1(6)7/h4-9,11H,3,10,12,18H2,1-2H3;(H,6,7)/q+1;/p-1. The van der Waals surface area contributed by atoms with Crippen LogP contribution in [0.1, 0.15) is 18.3 Å². The van der Waals surface area contributed by atoms with Crippen LogP contribution < -0.4 is 24.9 Å². The number of carbonyl (C=O) groups is 1. The molecule has 11 heteroatoms. The molecule has 0 atom stereocenters. The van der Waals surface area contributed by atoms with Gasteiger partial charge >= 0.3 is 6.18 Å². The molecule has 3 aromatic rings. The van der Waals surface area contributed by atoms with Gasteiger partial charge in [0.15, 0.2) is 23.4 Å². The molecule has 0 aliphatic rings. The number of carbonyl (C=O) groups excluding carboxylic acids is 1. The number of nitrogens with two attached hydrogens (primary N) is 1. The number of alkyl halides is 3. The summed E-state index contributed by atoms with van der Waals surface area (Å²) in [5.41, 5.74) is 9.10. The summed E-state index contributed by atoms with van der Waals surface area (Å²) in [4.78, 5) is 8.78. The van der Waals surface area contributed by atoms with E-state index in [0.29, 0.717) is 13.1 Å². The summed E-state index contributed by atoms with van der Waals surface area (Å²) >= 11 is 0. The van der Waals surface area contributed by atoms with Crippen molar-refractivity contribution < 1.29 is 37.1 Å². The molecule has 0 unspecified atom stereocenters. The van der Waals surface area contributed by atoms with Crippen LogP contribution in [0.5, 0.6) is 5.75 Å². The van der Waals surface area contributed by atoms with E-state index < -0.39 is 12.1 Å². The number of pyridine rings is 1. The number of aliphatic carboxylic acids is 1. The van der Waals surface area contributed by atoms with Crippen molar-refractivity contribution in [1.29, 1.82) is 0 Å². The molecule has 0 aliphatic heterocycles. The number of nitrogens with zero attached hydrogens (tertiary/aromatic N) is 3. The van der Waals surface area contributed by atoms with E-state index in [2.05, 4.69) is 16.1 Å². The molecule has 2 heterocycles. The van der Waals surface area contributed by atoms with Crippen LogP contribution in [0.2, 0.25) is 0 Å². The van der Waals surface area contributed by atoms with Crippen LogP contribution in [0.15, 0.2) is 42.7 Å². The summed E-state index contributed by atoms with van der Waals surface area (Å²) in [6.45, 7) is 3.95. The lowest BCUT2D eigenvalue weighted by atomic mass is 10.2. The molecule has 2 N–H and O–H groups in total. The summed E-state index contributed by atoms with van der Waals surface area (Å²) in [7, 11) is 1.66. The zero-order chi connectivity index (χ0) is 22.5. The van der Waals surface area contributed by atoms with E-state index in [1.807, 2.05) is 24.3 Å². The first-order valence-electron chi connectivity index (χ1n) is 8.87. The van der Waals surface area contributed by atoms with Crippen molar-refractivity contribution in [3.05, 3.63) is 59.3 Å². The van der Waals surface area contributed by atoms with E-state index in [9.17, 15) is 18.4 Å². The fraction of sp³-hybridized carbons (Fsp3) is 0.316. The molecule has 2 aromatic heterocycles. The molecule has 8 nitrogen and oxygen atoms in total. The lowest BCUT2D eigenvalue weighted by molar-refractivity contribution is -0.676. The summed E-state index contributed by atoms with van der Waals surface area (Å²) < 4.78 is 42.1. The number of aromatic nitrogens is 3. The van der Waals surface area contributed by atoms with Crippen LogP contribution >= 0.6 is 0 Å². The van der Waals surface area contributed by atoms with E-state index in [1.54, 1.807) is 19.4 Å². The van der Waals surface area contributed by atoms with Gasteiger partial charge in [-0.15, -0.1) is 0 Å². The fourth-order valence-corrected chi connectivity index (χ4v) is 3.03. The lowest BCUT2D eigenvalue weighted by Gasteiger charge is -2.03. The molecule has 0 amide bonds. The average molecular weight is 426 g/mol. The Bertz CT molecular complexity index is 1030. The van der Waals surface area contributed by atoms with Gasteiger partial charge in [0.1, 0.15) is 18.3 Å². The van der Waals surface area contributed by atoms with Gasteiger partial charge in [-0.05, 0) is 25.1 Å². The monoisotopic (exact) mass is 426 g/mol. The van der Waals surface area contributed by atoms with E-state index in [4.69, 9.17) is 20.4 Å². The van der Waals surface area contributed by atoms with Crippen molar-refractivity contribution in [2.45, 2.75) is 32.7 Å². The second-order valence-electron chi connectivity index (χ2n) is 6.16. The van der Waals surface area contributed by atoms with Crippen LogP contribution in [-0.2, 0) is 24.4 Å². The Balaban J connectivity index is 0.000000396. The normalized spacial score (nSPS) is 11.1. The molecule has 162 valence electrons. The van der Waals surface area contributed by atoms with Crippen molar-refractivity contribution in [2.75, 3.05) is 7.11 Å². The number of fused-ring (bicyclic) bond motifs is 1. The number of aryl methyl sites for hydroxylation is 1. The number of imidazole rings is 1. The van der Waals surface area contributed by atoms with Gasteiger partial charge in [0.2, 0.25) is 0 Å². The van der Waals surface area contributed by atoms with Crippen LogP contribution in [0.3, 0.4) is 0 Å². The first-order chi connectivity index (χ1) is 14.1. The fourth-order valence-electron chi connectivity index (χ4n) is 3.03. The van der Waals surface area contributed by atoms with Gasteiger partial charge in [0, 0.05) is 12.1 Å². The summed E-state index contributed by atoms with van der Waals surface area (Å²) in [6, 6.07) is 9.70. The second-order valence-corrected chi connectivity index (χ2v) is 6.16. The van der Waals surface area contributed by atoms with E-state index in [-0.39, 0.29) is 0 Å². The molecule has 0 saturated heterocycles. The van der Waals surface area contributed by atoms with Gasteiger partial charge in [0.05, 0.1) is 25.8 Å². The highest BCUT2D eigenvalue weighted by molar-refractivity contribution is 5.74. The maximum Gasteiger partial charge on any atom is 0.430 e. The average Bonchev–Trinajstić information content (AvgIpc) is 2.99. The molecule has 0 radical (unpaired) electrons. The third-order valence-electron chi connectivity index (χ3n) is 4.29. The number of ether oxygens (including phenoxy) is 1. The van der Waals surface area contributed by atoms with Crippen molar-refractivity contribution in [3.8, 4) is 5.75 Å². The van der Waals surface area contributed by atoms with Crippen LogP contribution in [0.25, 0.3) is 11.0 Å². The summed E-state index contributed by atoms with van der Waals surface area (Å²) in [5, 5.41) is 20.3. The van der Waals surface area contributed by atoms with Gasteiger partial charge in [-0.2, -0.15) is 17.9 Å². The van der Waals surface area contributed by atoms with E-state index >= 15 is 0 Å². The second kappa shape index (κ2) is 9.44. The molecular formula is C19H21F3N4O4. The van der Waals surface area contributed by atoms with Gasteiger partial charge in [-0.3, -0.25) is 0 Å². The number of rotatable bonds is 5. The Morgan fingerprint density at radius 1 is 1.30 bits per heavy atom. The lowest BCUT2D eigenvalue weighted by Crippen LogP contribution is -2.38. The number of halogens is 3. The number of hydrogen-bond donors (Lipinski definition) is 1. The molecule has 1 aromatic carbocycles. The van der Waals surface area contributed by atoms with Gasteiger partial charge in [0.25, 0.3) is 5.82 Å². The number of benzene rings is 1. The predicted molar refractivity (Wildman–Crippen MR) is 97.8 cm³/mol. The first kappa shape index (κ1) is 22.9. The Morgan fingerprint density at radius 3 is 2.47 bits per heavy atom. The molecule has 30 heavy (non-hydrogen) atoms. The molecule has 0 bridgehead atoms. The topological polar surface area (TPSA) is 111 Å². The molecule has 0 fully saturated rings. The number of carboxylic acid groups (broad SMARTS) is 1. The van der Waals surface area contributed by atoms with Crippen LogP contribution in [0, 0.1) is 5.21 Å². The molecule has 0 saturated carbocycles. The number of carboxylic acids is 1. The highest BCUT2D eigenvalue weighted by Gasteiger charge is 2.29. The quantitative estimate of drug-likeness (QED) is 0.469. The van der Waals surface area contributed by atoms with Crippen LogP contribution in [0.4, 0.5) is 13.2 Å². The Kier molecular flexibility index (Phi) is 7.22. The molecule has 0 spiro atoms. The van der Waals surface area contributed by atoms with Crippen molar-refractivity contribution in [3.63, 3.8) is 0 Å². The zero-order valence-electron chi connectivity index (χ0n) is 16.3. The smallest absolute Gasteiger partial charge is 0.430 e. The highest BCUT2D eigenvalue weighted by atomic mass is 19.4. The van der Waals surface area contributed by atoms with E-state index in [0.717, 1.165) is 39.4 Å². The Labute approximate surface area is 170 Å². The largest absolute Gasteiger partial charge is 0.619 e. The summed E-state index contributed by atoms with van der Waals surface area (Å²) in [5.74, 6) is -1.18. The maximum atomic E-state index is 11.5. The zero-order valence-corrected chi connectivity index (χ0v) is 16.3. The molecule has 3 rings (SSSR count). The van der Waals surface area contributed by atoms with Crippen molar-refractivity contribution in [1.82, 2.24) is 4.57 Å². The van der Waals surface area contributed by atoms with Gasteiger partial charge in [-0.1, -0.05) is 0 Å². The number of methoxy groups -OCH3 is 1. The van der Waals surface area contributed by atoms with Gasteiger partial charge < -0.3 is 25.6 Å². The van der Waals surface area contributed by atoms with Crippen LogP contribution in [-0.4, -0.2) is 23.8 Å². The highest BCUT2D eigenvalue weighted by Crippen LogP contribution is 2.22. The Hall–Kier alpha value is -3.34. The summed E-state index contributed by atoms with van der Waals surface area (Å²) in [6.07, 6.45) is -2.13. The Morgan fingerprint density at radius 2 is 1.97 bits per heavy atom. The predicted octanol–water partition coefficient (Wildman–Crippen LogP) is 0.396. The third-order valence-corrected chi connectivity index (χ3v) is 4.29. The minimum atomic E-state index is -5.19. The van der Waals surface area contributed by atoms with Crippen molar-refractivity contribution in [2.24, 2.45) is 5.73 Å². The number of hydrogen-bond acceptors (Lipinski definition) is 5. The molecule has 0 aliphatic carbocycles. The minimum absolute atomic E-state index is 0.426. The van der Waals surface area contributed by atoms with Gasteiger partial charge in [-0.25, -0.2) is 9.13 Å².